The number of carbonyl (C=O) groups is 2. The molecule has 136 valence electrons. The van der Waals surface area contributed by atoms with Gasteiger partial charge in [-0.15, -0.1) is 0 Å². The maximum Gasteiger partial charge on any atom is 0.358 e. The number of aromatic amines is 2. The number of rotatable bonds is 6. The molecule has 0 aliphatic carbocycles. The van der Waals surface area contributed by atoms with E-state index in [0.29, 0.717) is 0 Å². The first-order valence-electron chi connectivity index (χ1n) is 7.10. The van der Waals surface area contributed by atoms with Crippen LogP contribution in [-0.2, 0) is 4.74 Å². The standard InChI is InChI=1S/C14H13N5O6S/c1-2-25-13(22)9-11(18-14(26)16-9)17-10(15)6-4-3-5-7(19(23)24)8(6)12(20)21/h3-5H,2H2,1H3,(H2,15,17)(H,20,21)(H2,16,18,26). The van der Waals surface area contributed by atoms with Crippen LogP contribution in [0.1, 0.15) is 33.3 Å². The molecule has 1 heterocycles. The quantitative estimate of drug-likeness (QED) is 0.147. The first kappa shape index (κ1) is 18.8. The fourth-order valence-corrected chi connectivity index (χ4v) is 2.32. The number of H-pyrrole nitrogens is 2. The zero-order chi connectivity index (χ0) is 19.4. The largest absolute Gasteiger partial charge is 0.477 e. The molecule has 0 fully saturated rings. The molecule has 0 saturated carbocycles. The van der Waals surface area contributed by atoms with Gasteiger partial charge < -0.3 is 25.5 Å². The highest BCUT2D eigenvalue weighted by atomic mass is 32.1. The number of esters is 1. The molecular formula is C14H13N5O6S. The molecule has 1 aromatic heterocycles. The van der Waals surface area contributed by atoms with Crippen molar-refractivity contribution in [3.63, 3.8) is 0 Å². The van der Waals surface area contributed by atoms with Crippen molar-refractivity contribution in [3.8, 4) is 0 Å². The van der Waals surface area contributed by atoms with Gasteiger partial charge >= 0.3 is 11.9 Å². The number of carboxylic acid groups (broad SMARTS) is 1. The third-order valence-electron chi connectivity index (χ3n) is 3.15. The molecular weight excluding hydrogens is 366 g/mol. The summed E-state index contributed by atoms with van der Waals surface area (Å²) in [6, 6.07) is 3.57. The third-order valence-corrected chi connectivity index (χ3v) is 3.35. The maximum atomic E-state index is 11.9. The van der Waals surface area contributed by atoms with Gasteiger partial charge in [-0.05, 0) is 25.2 Å². The van der Waals surface area contributed by atoms with E-state index in [0.717, 1.165) is 6.07 Å². The molecule has 0 unspecified atom stereocenters. The molecule has 0 bridgehead atoms. The van der Waals surface area contributed by atoms with Gasteiger partial charge in [-0.1, -0.05) is 6.07 Å². The fourth-order valence-electron chi connectivity index (χ4n) is 2.12. The first-order valence-corrected chi connectivity index (χ1v) is 7.51. The van der Waals surface area contributed by atoms with Crippen molar-refractivity contribution in [3.05, 3.63) is 49.9 Å². The number of ether oxygens (including phenoxy) is 1. The number of nitro groups is 1. The summed E-state index contributed by atoms with van der Waals surface area (Å²) in [5.41, 5.74) is 4.29. The number of amidine groups is 1. The zero-order valence-corrected chi connectivity index (χ0v) is 14.1. The van der Waals surface area contributed by atoms with Crippen LogP contribution in [0.5, 0.6) is 0 Å². The number of nitrogens with one attached hydrogen (secondary N) is 2. The number of hydrogen-bond donors (Lipinski definition) is 4. The van der Waals surface area contributed by atoms with E-state index in [1.54, 1.807) is 6.92 Å². The Morgan fingerprint density at radius 1 is 1.42 bits per heavy atom. The highest BCUT2D eigenvalue weighted by Crippen LogP contribution is 2.24. The van der Waals surface area contributed by atoms with Gasteiger partial charge in [-0.2, -0.15) is 0 Å². The highest BCUT2D eigenvalue weighted by molar-refractivity contribution is 7.71. The minimum absolute atomic E-state index is 0.0668. The second kappa shape index (κ2) is 7.57. The van der Waals surface area contributed by atoms with E-state index in [1.807, 2.05) is 0 Å². The van der Waals surface area contributed by atoms with Crippen LogP contribution in [0.15, 0.2) is 23.2 Å². The highest BCUT2D eigenvalue weighted by Gasteiger charge is 2.25. The molecule has 0 aliphatic rings. The van der Waals surface area contributed by atoms with Gasteiger partial charge in [-0.25, -0.2) is 14.6 Å². The lowest BCUT2D eigenvalue weighted by Crippen LogP contribution is -2.19. The number of imidazole rings is 1. The molecule has 5 N–H and O–H groups in total. The van der Waals surface area contributed by atoms with Crippen LogP contribution in [0, 0.1) is 14.9 Å². The molecule has 0 aliphatic heterocycles. The van der Waals surface area contributed by atoms with Gasteiger partial charge in [0.05, 0.1) is 11.5 Å². The lowest BCUT2D eigenvalue weighted by molar-refractivity contribution is -0.385. The monoisotopic (exact) mass is 379 g/mol. The Kier molecular flexibility index (Phi) is 5.47. The van der Waals surface area contributed by atoms with Crippen LogP contribution in [0.25, 0.3) is 0 Å². The van der Waals surface area contributed by atoms with Crippen LogP contribution in [0.2, 0.25) is 0 Å². The van der Waals surface area contributed by atoms with Crippen molar-refractivity contribution in [1.29, 1.82) is 0 Å². The summed E-state index contributed by atoms with van der Waals surface area (Å²) in [6.45, 7) is 1.72. The van der Waals surface area contributed by atoms with Crippen LogP contribution in [-0.4, -0.2) is 44.4 Å². The fraction of sp³-hybridized carbons (Fsp3) is 0.143. The van der Waals surface area contributed by atoms with Crippen molar-refractivity contribution >= 4 is 41.5 Å². The second-order valence-electron chi connectivity index (χ2n) is 4.78. The molecule has 26 heavy (non-hydrogen) atoms. The van der Waals surface area contributed by atoms with Crippen molar-refractivity contribution in [1.82, 2.24) is 9.97 Å². The molecule has 2 rings (SSSR count). The lowest BCUT2D eigenvalue weighted by Gasteiger charge is -2.06. The molecule has 0 amide bonds. The molecule has 0 saturated heterocycles. The number of aromatic nitrogens is 2. The summed E-state index contributed by atoms with van der Waals surface area (Å²) in [5, 5.41) is 20.4. The molecule has 2 aromatic rings. The summed E-state index contributed by atoms with van der Waals surface area (Å²) in [4.78, 5) is 42.6. The van der Waals surface area contributed by atoms with Crippen LogP contribution < -0.4 is 5.73 Å². The molecule has 12 heteroatoms. The Hall–Kier alpha value is -3.54. The van der Waals surface area contributed by atoms with E-state index in [-0.39, 0.29) is 34.3 Å². The van der Waals surface area contributed by atoms with E-state index >= 15 is 0 Å². The summed E-state index contributed by atoms with van der Waals surface area (Å²) in [5.74, 6) is -2.74. The molecule has 11 nitrogen and oxygen atoms in total. The minimum Gasteiger partial charge on any atom is -0.477 e. The number of nitrogens with two attached hydrogens (primary N) is 1. The Morgan fingerprint density at radius 2 is 2.12 bits per heavy atom. The molecule has 0 spiro atoms. The summed E-state index contributed by atoms with van der Waals surface area (Å²) >= 11 is 4.90. The number of aliphatic imine (C=N–C) groups is 1. The van der Waals surface area contributed by atoms with Gasteiger partial charge in [0.2, 0.25) is 0 Å². The van der Waals surface area contributed by atoms with E-state index in [2.05, 4.69) is 15.0 Å². The van der Waals surface area contributed by atoms with Gasteiger partial charge in [0, 0.05) is 11.6 Å². The van der Waals surface area contributed by atoms with Crippen LogP contribution in [0.4, 0.5) is 11.5 Å². The van der Waals surface area contributed by atoms with E-state index in [4.69, 9.17) is 22.7 Å². The van der Waals surface area contributed by atoms with Gasteiger partial charge in [0.25, 0.3) is 5.69 Å². The van der Waals surface area contributed by atoms with Crippen molar-refractivity contribution in [2.24, 2.45) is 10.7 Å². The Bertz CT molecular complexity index is 976. The third kappa shape index (κ3) is 3.75. The Morgan fingerprint density at radius 3 is 2.69 bits per heavy atom. The van der Waals surface area contributed by atoms with Crippen LogP contribution in [0.3, 0.4) is 0 Å². The van der Waals surface area contributed by atoms with Gasteiger partial charge in [0.15, 0.2) is 16.3 Å². The smallest absolute Gasteiger partial charge is 0.358 e. The number of aromatic carboxylic acids is 1. The average molecular weight is 379 g/mol. The maximum absolute atomic E-state index is 11.9. The predicted molar refractivity (Wildman–Crippen MR) is 92.4 cm³/mol. The number of nitro benzene ring substituents is 1. The van der Waals surface area contributed by atoms with Crippen LogP contribution >= 0.6 is 12.2 Å². The van der Waals surface area contributed by atoms with E-state index < -0.39 is 28.1 Å². The molecule has 0 radical (unpaired) electrons. The van der Waals surface area contributed by atoms with Gasteiger partial charge in [0.1, 0.15) is 11.4 Å². The zero-order valence-electron chi connectivity index (χ0n) is 13.3. The SMILES string of the molecule is CCOC(=O)c1[nH]c(=S)[nH]c1/N=C(\N)c1cccc([N+](=O)[O-])c1C(=O)O. The molecule has 0 atom stereocenters. The topological polar surface area (TPSA) is 177 Å². The number of benzene rings is 1. The number of carbonyl (C=O) groups excluding carboxylic acids is 1. The second-order valence-corrected chi connectivity index (χ2v) is 5.19. The predicted octanol–water partition coefficient (Wildman–Crippen LogP) is 1.89. The Balaban J connectivity index is 2.61. The summed E-state index contributed by atoms with van der Waals surface area (Å²) in [7, 11) is 0. The summed E-state index contributed by atoms with van der Waals surface area (Å²) in [6.07, 6.45) is 0. The van der Waals surface area contributed by atoms with Crippen molar-refractivity contribution in [2.45, 2.75) is 6.92 Å². The average Bonchev–Trinajstić information content (AvgIpc) is 2.94. The molecule has 1 aromatic carbocycles. The Labute approximate surface area is 150 Å². The first-order chi connectivity index (χ1) is 12.3. The number of nitrogens with zero attached hydrogens (tertiary/aromatic N) is 2. The normalized spacial score (nSPS) is 11.2. The minimum atomic E-state index is -1.54. The van der Waals surface area contributed by atoms with E-state index in [9.17, 15) is 24.8 Å². The number of hydrogen-bond acceptors (Lipinski definition) is 7. The van der Waals surface area contributed by atoms with Crippen molar-refractivity contribution < 1.29 is 24.4 Å². The van der Waals surface area contributed by atoms with Crippen molar-refractivity contribution in [2.75, 3.05) is 6.61 Å². The van der Waals surface area contributed by atoms with E-state index in [1.165, 1.54) is 12.1 Å². The number of carboxylic acids is 1. The summed E-state index contributed by atoms with van der Waals surface area (Å²) < 4.78 is 4.92. The van der Waals surface area contributed by atoms with Gasteiger partial charge in [-0.3, -0.25) is 10.1 Å². The lowest BCUT2D eigenvalue weighted by atomic mass is 10.0.